The predicted molar refractivity (Wildman–Crippen MR) is 146 cm³/mol. The number of nitrogens with zero attached hydrogens (tertiary/aromatic N) is 1. The third-order valence-corrected chi connectivity index (χ3v) is 8.07. The minimum atomic E-state index is -3.32. The summed E-state index contributed by atoms with van der Waals surface area (Å²) in [4.78, 5) is 17.7. The lowest BCUT2D eigenvalue weighted by Gasteiger charge is -2.15. The first kappa shape index (κ1) is 29.0. The Kier molecular flexibility index (Phi) is 10.4. The van der Waals surface area contributed by atoms with Gasteiger partial charge in [0.05, 0.1) is 29.9 Å². The van der Waals surface area contributed by atoms with Gasteiger partial charge in [0.1, 0.15) is 17.2 Å². The molecule has 2 atom stereocenters. The zero-order valence-corrected chi connectivity index (χ0v) is 23.9. The minimum Gasteiger partial charge on any atom is -0.491 e. The van der Waals surface area contributed by atoms with Gasteiger partial charge < -0.3 is 18.5 Å². The van der Waals surface area contributed by atoms with Crippen molar-refractivity contribution < 1.29 is 31.7 Å². The largest absolute Gasteiger partial charge is 0.491 e. The molecule has 0 bridgehead atoms. The van der Waals surface area contributed by atoms with Gasteiger partial charge in [-0.3, -0.25) is 10.1 Å². The molecule has 0 fully saturated rings. The summed E-state index contributed by atoms with van der Waals surface area (Å²) >= 11 is 1.30. The van der Waals surface area contributed by atoms with Gasteiger partial charge >= 0.3 is 0 Å². The van der Waals surface area contributed by atoms with Crippen molar-refractivity contribution in [3.63, 3.8) is 0 Å². The van der Waals surface area contributed by atoms with Crippen molar-refractivity contribution >= 4 is 40.6 Å². The maximum Gasteiger partial charge on any atom is 0.257 e. The van der Waals surface area contributed by atoms with Crippen molar-refractivity contribution in [2.24, 2.45) is 0 Å². The third kappa shape index (κ3) is 9.05. The molecule has 1 amide bonds. The van der Waals surface area contributed by atoms with Crippen molar-refractivity contribution in [3.8, 4) is 17.2 Å². The number of carbonyl (C=O) groups is 1. The first-order valence-electron chi connectivity index (χ1n) is 11.6. The van der Waals surface area contributed by atoms with Crippen LogP contribution >= 0.6 is 19.7 Å². The van der Waals surface area contributed by atoms with Crippen LogP contribution in [-0.4, -0.2) is 44.9 Å². The Balaban J connectivity index is 1.77. The Bertz CT molecular complexity index is 1300. The number of amides is 1. The molecule has 37 heavy (non-hydrogen) atoms. The monoisotopic (exact) mass is 566 g/mol. The normalized spacial score (nSPS) is 13.1. The molecular formula is C25H31N2O7PS2. The number of benzene rings is 2. The van der Waals surface area contributed by atoms with Gasteiger partial charge in [-0.2, -0.15) is 0 Å². The number of ether oxygens (including phenoxy) is 2. The molecule has 9 nitrogen and oxygen atoms in total. The summed E-state index contributed by atoms with van der Waals surface area (Å²) in [6, 6.07) is 11.0. The molecule has 3 rings (SSSR count). The summed E-state index contributed by atoms with van der Waals surface area (Å²) in [7, 11) is -4.29. The van der Waals surface area contributed by atoms with E-state index < -0.39 is 18.2 Å². The fraction of sp³-hybridized carbons (Fsp3) is 0.360. The lowest BCUT2D eigenvalue weighted by atomic mass is 10.2. The van der Waals surface area contributed by atoms with Crippen molar-refractivity contribution in [2.75, 3.05) is 24.8 Å². The van der Waals surface area contributed by atoms with Crippen molar-refractivity contribution in [2.45, 2.75) is 44.8 Å². The highest BCUT2D eigenvalue weighted by atomic mass is 32.2. The molecular weight excluding hydrogens is 535 g/mol. The van der Waals surface area contributed by atoms with Gasteiger partial charge in [-0.15, -0.1) is 11.3 Å². The quantitative estimate of drug-likeness (QED) is 0.241. The van der Waals surface area contributed by atoms with E-state index in [0.29, 0.717) is 46.9 Å². The van der Waals surface area contributed by atoms with Gasteiger partial charge in [-0.25, -0.2) is 13.4 Å². The molecule has 0 aliphatic heterocycles. The average Bonchev–Trinajstić information content (AvgIpc) is 3.29. The summed E-state index contributed by atoms with van der Waals surface area (Å²) < 4.78 is 46.4. The van der Waals surface area contributed by atoms with Crippen LogP contribution in [0.3, 0.4) is 0 Å². The Morgan fingerprint density at radius 1 is 1.08 bits per heavy atom. The first-order chi connectivity index (χ1) is 17.6. The molecule has 2 aromatic carbocycles. The van der Waals surface area contributed by atoms with Crippen LogP contribution in [0.5, 0.6) is 17.2 Å². The van der Waals surface area contributed by atoms with Crippen LogP contribution in [0.4, 0.5) is 5.13 Å². The van der Waals surface area contributed by atoms with Gasteiger partial charge in [0.25, 0.3) is 5.91 Å². The van der Waals surface area contributed by atoms with Gasteiger partial charge in [-0.05, 0) is 56.7 Å². The molecule has 0 saturated carbocycles. The Hall–Kier alpha value is -2.56. The van der Waals surface area contributed by atoms with E-state index in [2.05, 4.69) is 10.3 Å². The smallest absolute Gasteiger partial charge is 0.257 e. The summed E-state index contributed by atoms with van der Waals surface area (Å²) in [5.74, 6) is 0.899. The van der Waals surface area contributed by atoms with Crippen LogP contribution in [0.15, 0.2) is 52.7 Å². The van der Waals surface area contributed by atoms with Gasteiger partial charge in [-0.1, -0.05) is 6.92 Å². The first-order valence-corrected chi connectivity index (χ1v) is 16.0. The SMILES string of the molecule is CCOP(C)OCc1csc(NC(=O)c2cc(Oc3ccc(S(C)(=O)=O)cc3)cc(O[C@@H](C)CC)c2)n1. The highest BCUT2D eigenvalue weighted by molar-refractivity contribution is 7.90. The Morgan fingerprint density at radius 3 is 2.43 bits per heavy atom. The van der Waals surface area contributed by atoms with E-state index in [0.717, 1.165) is 12.7 Å². The van der Waals surface area contributed by atoms with E-state index in [1.165, 1.54) is 23.5 Å². The van der Waals surface area contributed by atoms with E-state index >= 15 is 0 Å². The number of hydrogen-bond acceptors (Lipinski definition) is 9. The Morgan fingerprint density at radius 2 is 1.78 bits per heavy atom. The maximum absolute atomic E-state index is 13.1. The zero-order valence-electron chi connectivity index (χ0n) is 21.4. The van der Waals surface area contributed by atoms with Crippen LogP contribution in [0, 0.1) is 0 Å². The molecule has 0 spiro atoms. The molecule has 3 aromatic rings. The summed E-state index contributed by atoms with van der Waals surface area (Å²) in [5, 5.41) is 5.07. The number of carbonyl (C=O) groups excluding carboxylic acids is 1. The number of rotatable bonds is 13. The van der Waals surface area contributed by atoms with E-state index in [4.69, 9.17) is 18.5 Å². The molecule has 200 valence electrons. The van der Waals surface area contributed by atoms with Crippen LogP contribution < -0.4 is 14.8 Å². The van der Waals surface area contributed by atoms with E-state index in [-0.39, 0.29) is 16.9 Å². The number of aromatic nitrogens is 1. The van der Waals surface area contributed by atoms with Gasteiger partial charge in [0.15, 0.2) is 23.3 Å². The fourth-order valence-electron chi connectivity index (χ4n) is 3.01. The molecule has 1 heterocycles. The number of thiazole rings is 1. The number of sulfone groups is 1. The third-order valence-electron chi connectivity index (χ3n) is 5.02. The lowest BCUT2D eigenvalue weighted by molar-refractivity contribution is 0.102. The molecule has 1 N–H and O–H groups in total. The highest BCUT2D eigenvalue weighted by Gasteiger charge is 2.15. The van der Waals surface area contributed by atoms with Crippen molar-refractivity contribution in [1.29, 1.82) is 0 Å². The second-order valence-electron chi connectivity index (χ2n) is 8.10. The molecule has 0 aliphatic carbocycles. The molecule has 0 saturated heterocycles. The van der Waals surface area contributed by atoms with E-state index in [1.54, 1.807) is 30.3 Å². The van der Waals surface area contributed by atoms with Crippen molar-refractivity contribution in [3.05, 3.63) is 59.1 Å². The lowest BCUT2D eigenvalue weighted by Crippen LogP contribution is -2.14. The second kappa shape index (κ2) is 13.3. The zero-order chi connectivity index (χ0) is 27.0. The van der Waals surface area contributed by atoms with E-state index in [9.17, 15) is 13.2 Å². The van der Waals surface area contributed by atoms with Crippen LogP contribution in [0.25, 0.3) is 0 Å². The molecule has 0 aliphatic rings. The van der Waals surface area contributed by atoms with Gasteiger partial charge in [0, 0.05) is 29.9 Å². The number of anilines is 1. The number of hydrogen-bond donors (Lipinski definition) is 1. The predicted octanol–water partition coefficient (Wildman–Crippen LogP) is 6.26. The summed E-state index contributed by atoms with van der Waals surface area (Å²) in [5.41, 5.74) is 1.02. The minimum absolute atomic E-state index is 0.0672. The summed E-state index contributed by atoms with van der Waals surface area (Å²) in [6.07, 6.45) is 1.86. The van der Waals surface area contributed by atoms with Crippen LogP contribution in [0.1, 0.15) is 43.2 Å². The van der Waals surface area contributed by atoms with Gasteiger partial charge in [0.2, 0.25) is 0 Å². The summed E-state index contributed by atoms with van der Waals surface area (Å²) in [6.45, 7) is 8.60. The average molecular weight is 567 g/mol. The standard InChI is InChI=1S/C25H31N2O7PS2/c1-6-17(3)33-21-12-18(13-22(14-21)34-20-8-10-23(11-9-20)37(5,29)30)24(28)27-25-26-19(16-36-25)15-32-35(4)31-7-2/h8-14,16-17H,6-7,15H2,1-5H3,(H,26,27,28)/t17-,35?/m0/s1. The fourth-order valence-corrected chi connectivity index (χ4v) is 5.09. The molecule has 12 heteroatoms. The van der Waals surface area contributed by atoms with E-state index in [1.807, 2.05) is 32.8 Å². The maximum atomic E-state index is 13.1. The van der Waals surface area contributed by atoms with Crippen LogP contribution in [0.2, 0.25) is 0 Å². The topological polar surface area (TPSA) is 113 Å². The Labute approximate surface area is 223 Å². The van der Waals surface area contributed by atoms with Crippen LogP contribution in [-0.2, 0) is 25.5 Å². The molecule has 1 unspecified atom stereocenters. The second-order valence-corrected chi connectivity index (χ2v) is 12.4. The van der Waals surface area contributed by atoms with Crippen molar-refractivity contribution in [1.82, 2.24) is 4.98 Å². The number of nitrogens with one attached hydrogen (secondary N) is 1. The molecule has 0 radical (unpaired) electrons. The highest BCUT2D eigenvalue weighted by Crippen LogP contribution is 2.35. The molecule has 1 aromatic heterocycles.